The molecular formula is C13H19ClN2O2S. The van der Waals surface area contributed by atoms with Crippen molar-refractivity contribution in [2.45, 2.75) is 13.0 Å². The Morgan fingerprint density at radius 1 is 1.42 bits per heavy atom. The Bertz CT molecular complexity index is 416. The van der Waals surface area contributed by atoms with Gasteiger partial charge >= 0.3 is 6.03 Å². The van der Waals surface area contributed by atoms with Gasteiger partial charge in [-0.15, -0.1) is 0 Å². The zero-order valence-corrected chi connectivity index (χ0v) is 12.7. The molecule has 0 saturated heterocycles. The first-order valence-electron chi connectivity index (χ1n) is 6.00. The molecule has 1 rings (SSSR count). The van der Waals surface area contributed by atoms with E-state index in [2.05, 4.69) is 10.6 Å². The van der Waals surface area contributed by atoms with Crippen molar-refractivity contribution in [3.63, 3.8) is 0 Å². The number of carbonyl (C=O) groups excluding carboxylic acids is 1. The maximum Gasteiger partial charge on any atom is 0.315 e. The molecule has 0 aliphatic carbocycles. The van der Waals surface area contributed by atoms with Gasteiger partial charge in [-0.25, -0.2) is 4.79 Å². The van der Waals surface area contributed by atoms with Crippen LogP contribution < -0.4 is 15.4 Å². The minimum Gasteiger partial charge on any atom is -0.495 e. The molecule has 0 radical (unpaired) electrons. The summed E-state index contributed by atoms with van der Waals surface area (Å²) in [6.45, 7) is 1.13. The van der Waals surface area contributed by atoms with Crippen molar-refractivity contribution < 1.29 is 9.53 Å². The normalized spacial score (nSPS) is 10.1. The maximum atomic E-state index is 11.5. The van der Waals surface area contributed by atoms with Gasteiger partial charge in [0.2, 0.25) is 0 Å². The molecule has 2 amide bonds. The molecular weight excluding hydrogens is 284 g/mol. The molecule has 0 bridgehead atoms. The van der Waals surface area contributed by atoms with Crippen LogP contribution in [0.5, 0.6) is 5.75 Å². The van der Waals surface area contributed by atoms with E-state index in [0.717, 1.165) is 17.7 Å². The fourth-order valence-electron chi connectivity index (χ4n) is 1.48. The van der Waals surface area contributed by atoms with Crippen LogP contribution in [0.3, 0.4) is 0 Å². The van der Waals surface area contributed by atoms with Gasteiger partial charge in [0, 0.05) is 13.1 Å². The van der Waals surface area contributed by atoms with Crippen LogP contribution >= 0.6 is 23.4 Å². The van der Waals surface area contributed by atoms with Crippen LogP contribution in [0.15, 0.2) is 18.2 Å². The summed E-state index contributed by atoms with van der Waals surface area (Å²) in [4.78, 5) is 11.5. The molecule has 0 heterocycles. The van der Waals surface area contributed by atoms with E-state index in [1.165, 1.54) is 0 Å². The van der Waals surface area contributed by atoms with Crippen molar-refractivity contribution in [2.75, 3.05) is 25.7 Å². The first-order valence-corrected chi connectivity index (χ1v) is 7.77. The highest BCUT2D eigenvalue weighted by molar-refractivity contribution is 7.98. The number of ether oxygens (including phenoxy) is 1. The molecule has 0 atom stereocenters. The third-order valence-electron chi connectivity index (χ3n) is 2.48. The second-order valence-electron chi connectivity index (χ2n) is 3.92. The van der Waals surface area contributed by atoms with Crippen molar-refractivity contribution in [1.82, 2.24) is 10.6 Å². The van der Waals surface area contributed by atoms with Gasteiger partial charge in [-0.05, 0) is 36.1 Å². The maximum absolute atomic E-state index is 11.5. The van der Waals surface area contributed by atoms with Crippen molar-refractivity contribution >= 4 is 29.4 Å². The van der Waals surface area contributed by atoms with Crippen molar-refractivity contribution in [3.05, 3.63) is 28.8 Å². The van der Waals surface area contributed by atoms with Crippen LogP contribution in [0.4, 0.5) is 4.79 Å². The van der Waals surface area contributed by atoms with E-state index in [1.807, 2.05) is 12.3 Å². The highest BCUT2D eigenvalue weighted by atomic mass is 35.5. The average molecular weight is 303 g/mol. The molecule has 0 fully saturated rings. The molecule has 0 aliphatic heterocycles. The zero-order valence-electron chi connectivity index (χ0n) is 11.2. The lowest BCUT2D eigenvalue weighted by molar-refractivity contribution is 0.240. The van der Waals surface area contributed by atoms with Crippen molar-refractivity contribution in [1.29, 1.82) is 0 Å². The molecule has 0 aliphatic rings. The number of hydrogen-bond donors (Lipinski definition) is 2. The second kappa shape index (κ2) is 8.93. The summed E-state index contributed by atoms with van der Waals surface area (Å²) >= 11 is 7.78. The van der Waals surface area contributed by atoms with Crippen molar-refractivity contribution in [3.8, 4) is 5.75 Å². The monoisotopic (exact) mass is 302 g/mol. The van der Waals surface area contributed by atoms with Crippen LogP contribution in [0.1, 0.15) is 12.0 Å². The van der Waals surface area contributed by atoms with Gasteiger partial charge in [0.25, 0.3) is 0 Å². The highest BCUT2D eigenvalue weighted by Gasteiger charge is 2.03. The second-order valence-corrected chi connectivity index (χ2v) is 5.32. The van der Waals surface area contributed by atoms with Gasteiger partial charge in [0.05, 0.1) is 12.1 Å². The predicted octanol–water partition coefficient (Wildman–Crippen LogP) is 2.90. The molecule has 0 unspecified atom stereocenters. The minimum atomic E-state index is -0.159. The topological polar surface area (TPSA) is 50.4 Å². The Labute approximate surface area is 123 Å². The Morgan fingerprint density at radius 2 is 2.21 bits per heavy atom. The smallest absolute Gasteiger partial charge is 0.315 e. The summed E-state index contributed by atoms with van der Waals surface area (Å²) in [7, 11) is 1.57. The molecule has 1 aromatic carbocycles. The molecule has 19 heavy (non-hydrogen) atoms. The van der Waals surface area contributed by atoms with Crippen LogP contribution in [0.2, 0.25) is 5.02 Å². The van der Waals surface area contributed by atoms with Gasteiger partial charge in [-0.3, -0.25) is 0 Å². The van der Waals surface area contributed by atoms with Gasteiger partial charge in [-0.2, -0.15) is 11.8 Å². The number of halogens is 1. The third kappa shape index (κ3) is 6.07. The quantitative estimate of drug-likeness (QED) is 0.762. The van der Waals surface area contributed by atoms with Crippen LogP contribution in [-0.2, 0) is 6.54 Å². The van der Waals surface area contributed by atoms with E-state index in [0.29, 0.717) is 23.9 Å². The lowest BCUT2D eigenvalue weighted by atomic mass is 10.2. The Kier molecular flexibility index (Phi) is 7.52. The summed E-state index contributed by atoms with van der Waals surface area (Å²) in [5, 5.41) is 6.13. The number of benzene rings is 1. The average Bonchev–Trinajstić information content (AvgIpc) is 2.41. The van der Waals surface area contributed by atoms with Crippen LogP contribution in [0, 0.1) is 0 Å². The molecule has 6 heteroatoms. The van der Waals surface area contributed by atoms with E-state index in [9.17, 15) is 4.79 Å². The number of nitrogens with one attached hydrogen (secondary N) is 2. The number of amides is 2. The van der Waals surface area contributed by atoms with Crippen molar-refractivity contribution in [2.24, 2.45) is 0 Å². The lowest BCUT2D eigenvalue weighted by Gasteiger charge is -2.09. The van der Waals surface area contributed by atoms with E-state index < -0.39 is 0 Å². The largest absolute Gasteiger partial charge is 0.495 e. The van der Waals surface area contributed by atoms with Crippen LogP contribution in [-0.4, -0.2) is 31.7 Å². The number of thioether (sulfide) groups is 1. The zero-order chi connectivity index (χ0) is 14.1. The first kappa shape index (κ1) is 16.0. The number of urea groups is 1. The molecule has 1 aromatic rings. The summed E-state index contributed by atoms with van der Waals surface area (Å²) in [5.74, 6) is 1.68. The predicted molar refractivity (Wildman–Crippen MR) is 81.2 cm³/mol. The Hall–Kier alpha value is -1.07. The summed E-state index contributed by atoms with van der Waals surface area (Å²) < 4.78 is 5.07. The van der Waals surface area contributed by atoms with Gasteiger partial charge in [-0.1, -0.05) is 17.7 Å². The molecule has 0 spiro atoms. The standard InChI is InChI=1S/C13H19ClN2O2S/c1-18-12-5-4-10(8-11(12)14)9-16-13(17)15-6-3-7-19-2/h4-5,8H,3,6-7,9H2,1-2H3,(H2,15,16,17). The van der Waals surface area contributed by atoms with E-state index in [4.69, 9.17) is 16.3 Å². The SMILES string of the molecule is COc1ccc(CNC(=O)NCCCSC)cc1Cl. The Balaban J connectivity index is 2.32. The molecule has 0 aromatic heterocycles. The molecule has 0 saturated carbocycles. The van der Waals surface area contributed by atoms with Gasteiger partial charge in [0.1, 0.15) is 5.75 Å². The molecule has 106 valence electrons. The molecule has 2 N–H and O–H groups in total. The fraction of sp³-hybridized carbons (Fsp3) is 0.462. The molecule has 4 nitrogen and oxygen atoms in total. The van der Waals surface area contributed by atoms with Gasteiger partial charge < -0.3 is 15.4 Å². The minimum absolute atomic E-state index is 0.159. The number of carbonyl (C=O) groups is 1. The van der Waals surface area contributed by atoms with E-state index in [-0.39, 0.29) is 6.03 Å². The van der Waals surface area contributed by atoms with Gasteiger partial charge in [0.15, 0.2) is 0 Å². The summed E-state index contributed by atoms with van der Waals surface area (Å²) in [6.07, 6.45) is 3.02. The highest BCUT2D eigenvalue weighted by Crippen LogP contribution is 2.24. The van der Waals surface area contributed by atoms with E-state index in [1.54, 1.807) is 31.0 Å². The number of hydrogen-bond acceptors (Lipinski definition) is 3. The lowest BCUT2D eigenvalue weighted by Crippen LogP contribution is -2.35. The summed E-state index contributed by atoms with van der Waals surface area (Å²) in [6, 6.07) is 5.29. The number of rotatable bonds is 7. The fourth-order valence-corrected chi connectivity index (χ4v) is 2.20. The van der Waals surface area contributed by atoms with E-state index >= 15 is 0 Å². The van der Waals surface area contributed by atoms with Crippen LogP contribution in [0.25, 0.3) is 0 Å². The third-order valence-corrected chi connectivity index (χ3v) is 3.47. The Morgan fingerprint density at radius 3 is 2.84 bits per heavy atom. The summed E-state index contributed by atoms with van der Waals surface area (Å²) in [5.41, 5.74) is 0.935. The number of methoxy groups -OCH3 is 1. The first-order chi connectivity index (χ1) is 9.17.